The number of rotatable bonds is 13. The van der Waals surface area contributed by atoms with Crippen LogP contribution in [0.4, 0.5) is 0 Å². The summed E-state index contributed by atoms with van der Waals surface area (Å²) in [5.41, 5.74) is 2.22. The van der Waals surface area contributed by atoms with Crippen LogP contribution in [0, 0.1) is 0 Å². The van der Waals surface area contributed by atoms with Gasteiger partial charge in [0, 0.05) is 12.5 Å². The SMILES string of the molecule is CCCCOCCOCCOCc1cc2c(cc1CCCl)OCO2. The summed E-state index contributed by atoms with van der Waals surface area (Å²) in [4.78, 5) is 0. The van der Waals surface area contributed by atoms with E-state index in [0.717, 1.165) is 48.5 Å². The zero-order valence-electron chi connectivity index (χ0n) is 14.4. The second kappa shape index (κ2) is 11.5. The lowest BCUT2D eigenvalue weighted by molar-refractivity contribution is 0.0101. The maximum absolute atomic E-state index is 5.88. The fourth-order valence-corrected chi connectivity index (χ4v) is 2.57. The third kappa shape index (κ3) is 6.48. The Balaban J connectivity index is 1.63. The molecule has 1 aliphatic heterocycles. The average molecular weight is 359 g/mol. The van der Waals surface area contributed by atoms with Crippen molar-refractivity contribution in [1.29, 1.82) is 0 Å². The van der Waals surface area contributed by atoms with Gasteiger partial charge in [0.2, 0.25) is 6.79 Å². The van der Waals surface area contributed by atoms with Crippen molar-refractivity contribution in [3.63, 3.8) is 0 Å². The van der Waals surface area contributed by atoms with Crippen LogP contribution in [0.15, 0.2) is 12.1 Å². The lowest BCUT2D eigenvalue weighted by atomic mass is 10.0. The molecule has 0 spiro atoms. The second-order valence-corrected chi connectivity index (χ2v) is 5.92. The van der Waals surface area contributed by atoms with E-state index >= 15 is 0 Å². The van der Waals surface area contributed by atoms with Crippen molar-refractivity contribution in [3.05, 3.63) is 23.3 Å². The van der Waals surface area contributed by atoms with Crippen molar-refractivity contribution in [2.45, 2.75) is 32.8 Å². The number of alkyl halides is 1. The van der Waals surface area contributed by atoms with Gasteiger partial charge >= 0.3 is 0 Å². The molecule has 1 aromatic carbocycles. The van der Waals surface area contributed by atoms with Crippen molar-refractivity contribution in [1.82, 2.24) is 0 Å². The summed E-state index contributed by atoms with van der Waals surface area (Å²) >= 11 is 5.88. The molecule has 0 aromatic heterocycles. The highest BCUT2D eigenvalue weighted by atomic mass is 35.5. The first-order valence-corrected chi connectivity index (χ1v) is 9.09. The van der Waals surface area contributed by atoms with E-state index in [1.807, 2.05) is 12.1 Å². The lowest BCUT2D eigenvalue weighted by Crippen LogP contribution is -2.10. The van der Waals surface area contributed by atoms with Crippen LogP contribution in [-0.4, -0.2) is 45.7 Å². The Morgan fingerprint density at radius 2 is 1.54 bits per heavy atom. The molecule has 0 unspecified atom stereocenters. The van der Waals surface area contributed by atoms with Gasteiger partial charge in [-0.3, -0.25) is 0 Å². The first kappa shape index (κ1) is 19.3. The number of benzene rings is 1. The van der Waals surface area contributed by atoms with Crippen molar-refractivity contribution >= 4 is 11.6 Å². The molecule has 0 saturated carbocycles. The highest BCUT2D eigenvalue weighted by Crippen LogP contribution is 2.35. The average Bonchev–Trinajstić information content (AvgIpc) is 3.04. The van der Waals surface area contributed by atoms with Gasteiger partial charge in [0.1, 0.15) is 0 Å². The topological polar surface area (TPSA) is 46.2 Å². The summed E-state index contributed by atoms with van der Waals surface area (Å²) in [7, 11) is 0. The minimum atomic E-state index is 0.272. The van der Waals surface area contributed by atoms with Gasteiger partial charge in [-0.05, 0) is 36.1 Å². The molecule has 136 valence electrons. The highest BCUT2D eigenvalue weighted by molar-refractivity contribution is 6.18. The molecule has 6 heteroatoms. The van der Waals surface area contributed by atoms with Crippen molar-refractivity contribution < 1.29 is 23.7 Å². The Morgan fingerprint density at radius 3 is 2.21 bits per heavy atom. The van der Waals surface area contributed by atoms with Crippen LogP contribution in [0.5, 0.6) is 11.5 Å². The van der Waals surface area contributed by atoms with Crippen molar-refractivity contribution in [3.8, 4) is 11.5 Å². The predicted molar refractivity (Wildman–Crippen MR) is 93.2 cm³/mol. The van der Waals surface area contributed by atoms with Crippen molar-refractivity contribution in [2.24, 2.45) is 0 Å². The van der Waals surface area contributed by atoms with E-state index in [4.69, 9.17) is 35.3 Å². The first-order valence-electron chi connectivity index (χ1n) is 8.55. The molecule has 0 amide bonds. The van der Waals surface area contributed by atoms with Crippen LogP contribution < -0.4 is 9.47 Å². The van der Waals surface area contributed by atoms with E-state index in [1.165, 1.54) is 0 Å². The standard InChI is InChI=1S/C18H27ClO5/c1-2-3-6-20-7-8-21-9-10-22-13-16-12-18-17(23-14-24-18)11-15(16)4-5-19/h11-12H,2-10,13-14H2,1H3. The number of hydrogen-bond donors (Lipinski definition) is 0. The van der Waals surface area contributed by atoms with Gasteiger partial charge in [-0.25, -0.2) is 0 Å². The van der Waals surface area contributed by atoms with E-state index in [2.05, 4.69) is 6.92 Å². The Kier molecular flexibility index (Phi) is 9.28. The van der Waals surface area contributed by atoms with Crippen LogP contribution in [0.3, 0.4) is 0 Å². The number of unbranched alkanes of at least 4 members (excludes halogenated alkanes) is 1. The normalized spacial score (nSPS) is 12.8. The summed E-state index contributed by atoms with van der Waals surface area (Å²) < 4.78 is 27.5. The zero-order chi connectivity index (χ0) is 17.0. The van der Waals surface area contributed by atoms with Gasteiger partial charge in [-0.15, -0.1) is 11.6 Å². The summed E-state index contributed by atoms with van der Waals surface area (Å²) in [6.45, 7) is 6.10. The Bertz CT molecular complexity index is 481. The maximum Gasteiger partial charge on any atom is 0.231 e. The molecule has 24 heavy (non-hydrogen) atoms. The Labute approximate surface area is 149 Å². The monoisotopic (exact) mass is 358 g/mol. The second-order valence-electron chi connectivity index (χ2n) is 5.54. The molecule has 1 aliphatic rings. The minimum absolute atomic E-state index is 0.272. The summed E-state index contributed by atoms with van der Waals surface area (Å²) in [5, 5.41) is 0. The molecule has 1 aromatic rings. The van der Waals surface area contributed by atoms with Gasteiger partial charge in [-0.2, -0.15) is 0 Å². The predicted octanol–water partition coefficient (Wildman–Crippen LogP) is 3.55. The Morgan fingerprint density at radius 1 is 0.917 bits per heavy atom. The molecule has 0 saturated heterocycles. The highest BCUT2D eigenvalue weighted by Gasteiger charge is 2.17. The fourth-order valence-electron chi connectivity index (χ4n) is 2.36. The van der Waals surface area contributed by atoms with Gasteiger partial charge in [0.15, 0.2) is 11.5 Å². The first-order chi connectivity index (χ1) is 11.8. The van der Waals surface area contributed by atoms with Gasteiger partial charge in [-0.1, -0.05) is 13.3 Å². The van der Waals surface area contributed by atoms with E-state index in [9.17, 15) is 0 Å². The maximum atomic E-state index is 5.88. The lowest BCUT2D eigenvalue weighted by Gasteiger charge is -2.11. The van der Waals surface area contributed by atoms with Gasteiger partial charge in [0.05, 0.1) is 33.0 Å². The molecular weight excluding hydrogens is 332 g/mol. The summed E-state index contributed by atoms with van der Waals surface area (Å²) in [6.07, 6.45) is 3.03. The number of ether oxygens (including phenoxy) is 5. The number of fused-ring (bicyclic) bond motifs is 1. The van der Waals surface area contributed by atoms with Crippen LogP contribution in [0.25, 0.3) is 0 Å². The van der Waals surface area contributed by atoms with Gasteiger partial charge in [0.25, 0.3) is 0 Å². The molecule has 0 N–H and O–H groups in total. The van der Waals surface area contributed by atoms with Crippen LogP contribution >= 0.6 is 11.6 Å². The minimum Gasteiger partial charge on any atom is -0.454 e. The smallest absolute Gasteiger partial charge is 0.231 e. The van der Waals surface area contributed by atoms with Crippen LogP contribution in [-0.2, 0) is 27.2 Å². The van der Waals surface area contributed by atoms with Crippen molar-refractivity contribution in [2.75, 3.05) is 45.7 Å². The molecule has 1 heterocycles. The van der Waals surface area contributed by atoms with Crippen LogP contribution in [0.1, 0.15) is 30.9 Å². The quantitative estimate of drug-likeness (QED) is 0.398. The summed E-state index contributed by atoms with van der Waals surface area (Å²) in [5.74, 6) is 2.12. The number of halogens is 1. The van der Waals surface area contributed by atoms with Crippen LogP contribution in [0.2, 0.25) is 0 Å². The van der Waals surface area contributed by atoms with Gasteiger partial charge < -0.3 is 23.7 Å². The third-order valence-corrected chi connectivity index (χ3v) is 3.89. The molecular formula is C18H27ClO5. The van der Waals surface area contributed by atoms with E-state index in [1.54, 1.807) is 0 Å². The third-order valence-electron chi connectivity index (χ3n) is 3.70. The zero-order valence-corrected chi connectivity index (χ0v) is 15.1. The molecule has 0 radical (unpaired) electrons. The van der Waals surface area contributed by atoms with E-state index in [-0.39, 0.29) is 6.79 Å². The molecule has 0 bridgehead atoms. The Hall–Kier alpha value is -1.01. The number of aryl methyl sites for hydroxylation is 1. The number of hydrogen-bond acceptors (Lipinski definition) is 5. The molecule has 0 atom stereocenters. The molecule has 0 fully saturated rings. The molecule has 0 aliphatic carbocycles. The molecule has 2 rings (SSSR count). The molecule has 5 nitrogen and oxygen atoms in total. The fraction of sp³-hybridized carbons (Fsp3) is 0.667. The summed E-state index contributed by atoms with van der Waals surface area (Å²) in [6, 6.07) is 3.97. The largest absolute Gasteiger partial charge is 0.454 e. The van der Waals surface area contributed by atoms with E-state index < -0.39 is 0 Å². The van der Waals surface area contributed by atoms with E-state index in [0.29, 0.717) is 38.9 Å².